The van der Waals surface area contributed by atoms with E-state index in [1.165, 1.54) is 0 Å². The average Bonchev–Trinajstić information content (AvgIpc) is 3.25. The number of fused-ring (bicyclic) bond motifs is 1. The Morgan fingerprint density at radius 2 is 1.76 bits per heavy atom. The molecule has 33 heavy (non-hydrogen) atoms. The third-order valence-electron chi connectivity index (χ3n) is 7.13. The lowest BCUT2D eigenvalue weighted by Gasteiger charge is -2.42. The molecule has 172 valence electrons. The predicted molar refractivity (Wildman–Crippen MR) is 124 cm³/mol. The van der Waals surface area contributed by atoms with Gasteiger partial charge in [-0.3, -0.25) is 14.4 Å². The first-order valence-electron chi connectivity index (χ1n) is 11.7. The monoisotopic (exact) mass is 447 g/mol. The van der Waals surface area contributed by atoms with Crippen molar-refractivity contribution in [3.05, 3.63) is 59.7 Å². The van der Waals surface area contributed by atoms with Crippen LogP contribution in [0.4, 0.5) is 5.69 Å². The van der Waals surface area contributed by atoms with E-state index in [0.717, 1.165) is 12.0 Å². The third-order valence-corrected chi connectivity index (χ3v) is 7.13. The van der Waals surface area contributed by atoms with Crippen LogP contribution in [0.3, 0.4) is 0 Å². The summed E-state index contributed by atoms with van der Waals surface area (Å²) in [6.45, 7) is 3.54. The first-order valence-corrected chi connectivity index (χ1v) is 11.7. The van der Waals surface area contributed by atoms with Crippen LogP contribution in [0.5, 0.6) is 5.75 Å². The van der Waals surface area contributed by atoms with Crippen molar-refractivity contribution in [3.8, 4) is 5.75 Å². The van der Waals surface area contributed by atoms with Gasteiger partial charge in [-0.15, -0.1) is 0 Å². The number of ether oxygens (including phenoxy) is 1. The highest BCUT2D eigenvalue weighted by Crippen LogP contribution is 2.38. The molecule has 0 bridgehead atoms. The number of piperidine rings is 1. The lowest BCUT2D eigenvalue weighted by molar-refractivity contribution is -0.139. The molecule has 3 aliphatic rings. The van der Waals surface area contributed by atoms with E-state index in [9.17, 15) is 14.4 Å². The molecule has 1 N–H and O–H groups in total. The zero-order valence-electron chi connectivity index (χ0n) is 18.9. The van der Waals surface area contributed by atoms with Gasteiger partial charge in [-0.05, 0) is 43.5 Å². The smallest absolute Gasteiger partial charge is 0.254 e. The zero-order chi connectivity index (χ0) is 23.0. The van der Waals surface area contributed by atoms with E-state index in [4.69, 9.17) is 4.74 Å². The number of likely N-dealkylation sites (tertiary alicyclic amines) is 2. The Hall–Kier alpha value is -3.35. The molecule has 7 heteroatoms. The average molecular weight is 448 g/mol. The summed E-state index contributed by atoms with van der Waals surface area (Å²) in [5, 5.41) is 2.92. The van der Waals surface area contributed by atoms with Gasteiger partial charge in [-0.25, -0.2) is 0 Å². The highest BCUT2D eigenvalue weighted by atomic mass is 16.5. The van der Waals surface area contributed by atoms with Crippen molar-refractivity contribution in [1.29, 1.82) is 0 Å². The first-order chi connectivity index (χ1) is 16.0. The molecule has 1 atom stereocenters. The Bertz CT molecular complexity index is 1090. The molecule has 0 saturated carbocycles. The third kappa shape index (κ3) is 4.08. The van der Waals surface area contributed by atoms with Crippen molar-refractivity contribution < 1.29 is 19.1 Å². The molecule has 0 aliphatic carbocycles. The SMILES string of the molecule is Cc1ccccc1C(=O)N1CCCC1C(=O)N1CCC2(CC1)CC(=O)Nc1ccccc1O2. The minimum Gasteiger partial charge on any atom is -0.484 e. The Labute approximate surface area is 193 Å². The summed E-state index contributed by atoms with van der Waals surface area (Å²) in [7, 11) is 0. The zero-order valence-corrected chi connectivity index (χ0v) is 18.9. The number of anilines is 1. The van der Waals surface area contributed by atoms with E-state index < -0.39 is 11.6 Å². The quantitative estimate of drug-likeness (QED) is 0.766. The number of para-hydroxylation sites is 2. The summed E-state index contributed by atoms with van der Waals surface area (Å²) in [5.74, 6) is 0.542. The van der Waals surface area contributed by atoms with Crippen molar-refractivity contribution in [2.45, 2.75) is 50.7 Å². The van der Waals surface area contributed by atoms with Gasteiger partial charge in [0.2, 0.25) is 11.8 Å². The molecule has 7 nitrogen and oxygen atoms in total. The highest BCUT2D eigenvalue weighted by Gasteiger charge is 2.44. The molecule has 5 rings (SSSR count). The number of hydrogen-bond acceptors (Lipinski definition) is 4. The van der Waals surface area contributed by atoms with Gasteiger partial charge in [-0.2, -0.15) is 0 Å². The molecule has 3 amide bonds. The molecule has 1 unspecified atom stereocenters. The topological polar surface area (TPSA) is 79.0 Å². The molecule has 2 aromatic carbocycles. The van der Waals surface area contributed by atoms with Crippen LogP contribution in [-0.4, -0.2) is 58.8 Å². The fourth-order valence-corrected chi connectivity index (χ4v) is 5.27. The van der Waals surface area contributed by atoms with Gasteiger partial charge in [0.05, 0.1) is 12.1 Å². The van der Waals surface area contributed by atoms with Gasteiger partial charge in [0.1, 0.15) is 17.4 Å². The molecular formula is C26H29N3O4. The fraction of sp³-hybridized carbons (Fsp3) is 0.423. The highest BCUT2D eigenvalue weighted by molar-refractivity contribution is 5.99. The van der Waals surface area contributed by atoms with Crippen LogP contribution in [0.15, 0.2) is 48.5 Å². The van der Waals surface area contributed by atoms with Crippen molar-refractivity contribution in [2.75, 3.05) is 25.0 Å². The summed E-state index contributed by atoms with van der Waals surface area (Å²) in [6.07, 6.45) is 2.94. The maximum atomic E-state index is 13.4. The standard InChI is InChI=1S/C26H29N3O4/c1-18-7-2-3-8-19(18)24(31)29-14-6-10-21(29)25(32)28-15-12-26(13-16-28)17-23(30)27-20-9-4-5-11-22(20)33-26/h2-5,7-9,11,21H,6,10,12-17H2,1H3,(H,27,30). The van der Waals surface area contributed by atoms with E-state index in [2.05, 4.69) is 5.32 Å². The van der Waals surface area contributed by atoms with Gasteiger partial charge < -0.3 is 19.9 Å². The number of carbonyl (C=O) groups is 3. The largest absolute Gasteiger partial charge is 0.484 e. The second-order valence-corrected chi connectivity index (χ2v) is 9.30. The van der Waals surface area contributed by atoms with Crippen molar-refractivity contribution in [3.63, 3.8) is 0 Å². The van der Waals surface area contributed by atoms with E-state index in [1.54, 1.807) is 4.90 Å². The van der Waals surface area contributed by atoms with E-state index in [1.807, 2.05) is 60.4 Å². The number of aryl methyl sites for hydroxylation is 1. The summed E-state index contributed by atoms with van der Waals surface area (Å²) >= 11 is 0. The van der Waals surface area contributed by atoms with Crippen LogP contribution in [-0.2, 0) is 9.59 Å². The number of nitrogens with zero attached hydrogens (tertiary/aromatic N) is 2. The van der Waals surface area contributed by atoms with Gasteiger partial charge in [0.25, 0.3) is 5.91 Å². The Morgan fingerprint density at radius 1 is 1.03 bits per heavy atom. The number of amides is 3. The Kier molecular flexibility index (Phi) is 5.56. The number of nitrogens with one attached hydrogen (secondary N) is 1. The first kappa shape index (κ1) is 21.5. The van der Waals surface area contributed by atoms with E-state index in [-0.39, 0.29) is 24.1 Å². The molecule has 3 aliphatic heterocycles. The molecule has 0 aromatic heterocycles. The fourth-order valence-electron chi connectivity index (χ4n) is 5.27. The second kappa shape index (κ2) is 8.54. The normalized spacial score (nSPS) is 21.7. The minimum atomic E-state index is -0.611. The lowest BCUT2D eigenvalue weighted by atomic mass is 9.87. The van der Waals surface area contributed by atoms with Crippen LogP contribution < -0.4 is 10.1 Å². The lowest BCUT2D eigenvalue weighted by Crippen LogP contribution is -2.54. The Balaban J connectivity index is 1.28. The van der Waals surface area contributed by atoms with Crippen LogP contribution in [0.25, 0.3) is 0 Å². The number of hydrogen-bond donors (Lipinski definition) is 1. The molecular weight excluding hydrogens is 418 g/mol. The number of benzene rings is 2. The van der Waals surface area contributed by atoms with Gasteiger partial charge in [0, 0.05) is 38.0 Å². The van der Waals surface area contributed by atoms with E-state index in [0.29, 0.717) is 55.9 Å². The van der Waals surface area contributed by atoms with Crippen molar-refractivity contribution in [2.24, 2.45) is 0 Å². The number of rotatable bonds is 2. The van der Waals surface area contributed by atoms with Gasteiger partial charge >= 0.3 is 0 Å². The summed E-state index contributed by atoms with van der Waals surface area (Å²) in [6, 6.07) is 14.6. The predicted octanol–water partition coefficient (Wildman–Crippen LogP) is 3.38. The van der Waals surface area contributed by atoms with Crippen molar-refractivity contribution >= 4 is 23.4 Å². The molecule has 2 fully saturated rings. The summed E-state index contributed by atoms with van der Waals surface area (Å²) < 4.78 is 6.35. The van der Waals surface area contributed by atoms with Crippen LogP contribution >= 0.6 is 0 Å². The van der Waals surface area contributed by atoms with Gasteiger partial charge in [-0.1, -0.05) is 30.3 Å². The minimum absolute atomic E-state index is 0.00255. The summed E-state index contributed by atoms with van der Waals surface area (Å²) in [5.41, 5.74) is 1.66. The van der Waals surface area contributed by atoms with Crippen LogP contribution in [0.1, 0.15) is 48.0 Å². The maximum Gasteiger partial charge on any atom is 0.254 e. The van der Waals surface area contributed by atoms with Crippen molar-refractivity contribution in [1.82, 2.24) is 9.80 Å². The summed E-state index contributed by atoms with van der Waals surface area (Å²) in [4.78, 5) is 42.7. The second-order valence-electron chi connectivity index (χ2n) is 9.30. The van der Waals surface area contributed by atoms with Crippen LogP contribution in [0, 0.1) is 6.92 Å². The molecule has 2 saturated heterocycles. The molecule has 0 radical (unpaired) electrons. The van der Waals surface area contributed by atoms with E-state index >= 15 is 0 Å². The molecule has 1 spiro atoms. The van der Waals surface area contributed by atoms with Gasteiger partial charge in [0.15, 0.2) is 0 Å². The Morgan fingerprint density at radius 3 is 2.55 bits per heavy atom. The molecule has 3 heterocycles. The maximum absolute atomic E-state index is 13.4. The number of carbonyl (C=O) groups excluding carboxylic acids is 3. The van der Waals surface area contributed by atoms with Crippen LogP contribution in [0.2, 0.25) is 0 Å². The molecule has 2 aromatic rings.